The van der Waals surface area contributed by atoms with Crippen molar-refractivity contribution < 1.29 is 10.2 Å². The number of hydrogen-bond acceptors (Lipinski definition) is 2. The monoisotopic (exact) mass is 214 g/mol. The summed E-state index contributed by atoms with van der Waals surface area (Å²) in [4.78, 5) is 0. The molecular formula is C14H14O2. The van der Waals surface area contributed by atoms with Crippen molar-refractivity contribution in [3.63, 3.8) is 0 Å². The Kier molecular flexibility index (Phi) is 1.95. The lowest BCUT2D eigenvalue weighted by Crippen LogP contribution is -2.10. The molecule has 2 heteroatoms. The Bertz CT molecular complexity index is 541. The molecule has 0 amide bonds. The van der Waals surface area contributed by atoms with Crippen LogP contribution in [-0.2, 0) is 6.42 Å². The number of phenolic OH excluding ortho intramolecular Hbond substituents is 1. The summed E-state index contributed by atoms with van der Waals surface area (Å²) in [6.45, 7) is 0. The third-order valence-electron chi connectivity index (χ3n) is 3.29. The molecule has 16 heavy (non-hydrogen) atoms. The molecule has 1 aliphatic carbocycles. The van der Waals surface area contributed by atoms with E-state index in [-0.39, 0.29) is 0 Å². The normalized spacial score (nSPS) is 17.6. The Morgan fingerprint density at radius 3 is 2.31 bits per heavy atom. The Morgan fingerprint density at radius 2 is 1.69 bits per heavy atom. The highest BCUT2D eigenvalue weighted by molar-refractivity contribution is 5.84. The van der Waals surface area contributed by atoms with E-state index in [0.717, 1.165) is 29.2 Å². The van der Waals surface area contributed by atoms with Gasteiger partial charge in [-0.1, -0.05) is 24.3 Å². The van der Waals surface area contributed by atoms with Crippen LogP contribution in [0.25, 0.3) is 10.8 Å². The molecule has 0 bridgehead atoms. The molecule has 0 radical (unpaired) electrons. The fraction of sp³-hybridized carbons (Fsp3) is 0.286. The Hall–Kier alpha value is -1.54. The van der Waals surface area contributed by atoms with Crippen LogP contribution in [0.3, 0.4) is 0 Å². The van der Waals surface area contributed by atoms with E-state index in [4.69, 9.17) is 0 Å². The van der Waals surface area contributed by atoms with Crippen LogP contribution in [0, 0.1) is 0 Å². The van der Waals surface area contributed by atoms with E-state index in [0.29, 0.717) is 12.2 Å². The van der Waals surface area contributed by atoms with E-state index < -0.39 is 5.60 Å². The van der Waals surface area contributed by atoms with Crippen LogP contribution in [0.15, 0.2) is 36.4 Å². The molecule has 0 saturated heterocycles. The van der Waals surface area contributed by atoms with E-state index in [2.05, 4.69) is 0 Å². The summed E-state index contributed by atoms with van der Waals surface area (Å²) < 4.78 is 0. The molecular weight excluding hydrogens is 200 g/mol. The van der Waals surface area contributed by atoms with Crippen molar-refractivity contribution in [1.29, 1.82) is 0 Å². The number of rotatable bonds is 2. The van der Waals surface area contributed by atoms with Gasteiger partial charge in [0.15, 0.2) is 0 Å². The van der Waals surface area contributed by atoms with Gasteiger partial charge in [0.25, 0.3) is 0 Å². The van der Waals surface area contributed by atoms with Crippen LogP contribution in [0.1, 0.15) is 18.4 Å². The Morgan fingerprint density at radius 1 is 1.06 bits per heavy atom. The van der Waals surface area contributed by atoms with Crippen molar-refractivity contribution in [2.75, 3.05) is 0 Å². The predicted molar refractivity (Wildman–Crippen MR) is 63.5 cm³/mol. The molecule has 1 fully saturated rings. The van der Waals surface area contributed by atoms with Gasteiger partial charge in [-0.3, -0.25) is 0 Å². The second-order valence-corrected chi connectivity index (χ2v) is 4.73. The van der Waals surface area contributed by atoms with Gasteiger partial charge >= 0.3 is 0 Å². The lowest BCUT2D eigenvalue weighted by atomic mass is 10.0. The summed E-state index contributed by atoms with van der Waals surface area (Å²) in [5, 5.41) is 21.9. The molecule has 0 spiro atoms. The maximum atomic E-state index is 9.89. The highest BCUT2D eigenvalue weighted by atomic mass is 16.3. The molecule has 0 aromatic heterocycles. The first-order valence-electron chi connectivity index (χ1n) is 5.59. The van der Waals surface area contributed by atoms with Crippen LogP contribution in [0.5, 0.6) is 5.75 Å². The summed E-state index contributed by atoms with van der Waals surface area (Å²) in [7, 11) is 0. The minimum absolute atomic E-state index is 0.291. The van der Waals surface area contributed by atoms with Gasteiger partial charge in [-0.05, 0) is 41.3 Å². The average Bonchev–Trinajstić information content (AvgIpc) is 2.97. The molecule has 0 aliphatic heterocycles. The maximum Gasteiger partial charge on any atom is 0.119 e. The van der Waals surface area contributed by atoms with Crippen molar-refractivity contribution in [3.05, 3.63) is 42.0 Å². The molecule has 2 N–H and O–H groups in total. The molecule has 2 aromatic rings. The quantitative estimate of drug-likeness (QED) is 0.806. The van der Waals surface area contributed by atoms with Crippen molar-refractivity contribution in [3.8, 4) is 5.75 Å². The van der Waals surface area contributed by atoms with E-state index in [9.17, 15) is 10.2 Å². The first kappa shape index (κ1) is 9.67. The number of benzene rings is 2. The van der Waals surface area contributed by atoms with Crippen LogP contribution < -0.4 is 0 Å². The number of aliphatic hydroxyl groups is 1. The average molecular weight is 214 g/mol. The third-order valence-corrected chi connectivity index (χ3v) is 3.29. The Balaban J connectivity index is 2.07. The van der Waals surface area contributed by atoms with Crippen molar-refractivity contribution in [2.45, 2.75) is 24.9 Å². The van der Waals surface area contributed by atoms with Gasteiger partial charge in [-0.15, -0.1) is 0 Å². The smallest absolute Gasteiger partial charge is 0.119 e. The van der Waals surface area contributed by atoms with Crippen molar-refractivity contribution in [2.24, 2.45) is 0 Å². The lowest BCUT2D eigenvalue weighted by Gasteiger charge is -2.10. The third kappa shape index (κ3) is 1.65. The molecule has 2 aromatic carbocycles. The van der Waals surface area contributed by atoms with Gasteiger partial charge in [0.1, 0.15) is 5.75 Å². The summed E-state index contributed by atoms with van der Waals surface area (Å²) in [6, 6.07) is 11.7. The molecule has 0 unspecified atom stereocenters. The van der Waals surface area contributed by atoms with E-state index in [1.54, 1.807) is 6.07 Å². The summed E-state index contributed by atoms with van der Waals surface area (Å²) in [5.41, 5.74) is 0.290. The van der Waals surface area contributed by atoms with Gasteiger partial charge in [0.05, 0.1) is 5.60 Å². The van der Waals surface area contributed by atoms with Crippen LogP contribution >= 0.6 is 0 Å². The fourth-order valence-corrected chi connectivity index (χ4v) is 2.09. The highest BCUT2D eigenvalue weighted by Crippen LogP contribution is 2.40. The first-order valence-corrected chi connectivity index (χ1v) is 5.59. The zero-order valence-corrected chi connectivity index (χ0v) is 8.98. The number of hydrogen-bond donors (Lipinski definition) is 2. The molecule has 3 rings (SSSR count). The second kappa shape index (κ2) is 3.22. The molecule has 0 atom stereocenters. The van der Waals surface area contributed by atoms with Crippen molar-refractivity contribution >= 4 is 10.8 Å². The van der Waals surface area contributed by atoms with Crippen molar-refractivity contribution in [1.82, 2.24) is 0 Å². The van der Waals surface area contributed by atoms with Gasteiger partial charge in [0, 0.05) is 6.42 Å². The number of aromatic hydroxyl groups is 1. The fourth-order valence-electron chi connectivity index (χ4n) is 2.09. The van der Waals surface area contributed by atoms with Gasteiger partial charge in [-0.2, -0.15) is 0 Å². The second-order valence-electron chi connectivity index (χ2n) is 4.73. The zero-order chi connectivity index (χ0) is 11.2. The van der Waals surface area contributed by atoms with E-state index in [1.807, 2.05) is 30.3 Å². The van der Waals surface area contributed by atoms with Crippen LogP contribution in [0.2, 0.25) is 0 Å². The number of fused-ring (bicyclic) bond motifs is 1. The first-order chi connectivity index (χ1) is 7.66. The van der Waals surface area contributed by atoms with Crippen LogP contribution in [-0.4, -0.2) is 15.8 Å². The molecule has 0 heterocycles. The SMILES string of the molecule is Oc1cc2ccccc2cc1CC1(O)CC1. The zero-order valence-electron chi connectivity index (χ0n) is 8.98. The van der Waals surface area contributed by atoms with Gasteiger partial charge in [0.2, 0.25) is 0 Å². The Labute approximate surface area is 94.2 Å². The summed E-state index contributed by atoms with van der Waals surface area (Å²) in [6.07, 6.45) is 2.25. The summed E-state index contributed by atoms with van der Waals surface area (Å²) in [5.74, 6) is 0.291. The molecule has 82 valence electrons. The standard InChI is InChI=1S/C14H14O2/c15-13-8-11-4-2-1-3-10(11)7-12(13)9-14(16)5-6-14/h1-4,7-8,15-16H,5-6,9H2. The molecule has 1 saturated carbocycles. The van der Waals surface area contributed by atoms with E-state index in [1.165, 1.54) is 0 Å². The van der Waals surface area contributed by atoms with Crippen LogP contribution in [0.4, 0.5) is 0 Å². The minimum atomic E-state index is -0.556. The predicted octanol–water partition coefficient (Wildman–Crippen LogP) is 2.61. The highest BCUT2D eigenvalue weighted by Gasteiger charge is 2.40. The largest absolute Gasteiger partial charge is 0.508 e. The molecule has 2 nitrogen and oxygen atoms in total. The maximum absolute atomic E-state index is 9.89. The lowest BCUT2D eigenvalue weighted by molar-refractivity contribution is 0.150. The minimum Gasteiger partial charge on any atom is -0.508 e. The van der Waals surface area contributed by atoms with Gasteiger partial charge < -0.3 is 10.2 Å². The topological polar surface area (TPSA) is 40.5 Å². The van der Waals surface area contributed by atoms with E-state index >= 15 is 0 Å². The molecule has 1 aliphatic rings. The number of phenols is 1. The van der Waals surface area contributed by atoms with Gasteiger partial charge in [-0.25, -0.2) is 0 Å². The summed E-state index contributed by atoms with van der Waals surface area (Å²) >= 11 is 0.